The van der Waals surface area contributed by atoms with Crippen LogP contribution in [0, 0.1) is 11.8 Å². The van der Waals surface area contributed by atoms with E-state index in [9.17, 15) is 5.11 Å². The van der Waals surface area contributed by atoms with Gasteiger partial charge in [0.05, 0.1) is 12.2 Å². The van der Waals surface area contributed by atoms with Crippen LogP contribution in [0.5, 0.6) is 0 Å². The molecule has 1 aliphatic carbocycles. The lowest BCUT2D eigenvalue weighted by Gasteiger charge is -2.20. The van der Waals surface area contributed by atoms with Crippen LogP contribution in [0.25, 0.3) is 0 Å². The van der Waals surface area contributed by atoms with Crippen molar-refractivity contribution >= 4 is 0 Å². The van der Waals surface area contributed by atoms with E-state index < -0.39 is 0 Å². The molecule has 26 heavy (non-hydrogen) atoms. The first kappa shape index (κ1) is 23.4. The van der Waals surface area contributed by atoms with E-state index in [0.717, 1.165) is 51.6 Å². The number of aliphatic hydroxyl groups is 2. The highest BCUT2D eigenvalue weighted by molar-refractivity contribution is 5.05. The first-order valence-electron chi connectivity index (χ1n) is 10.4. The predicted molar refractivity (Wildman–Crippen MR) is 107 cm³/mol. The Bertz CT molecular complexity index is 380. The summed E-state index contributed by atoms with van der Waals surface area (Å²) in [6.45, 7) is 1.13. The van der Waals surface area contributed by atoms with Crippen LogP contribution in [-0.2, 0) is 9.47 Å². The molecule has 0 aromatic rings. The number of ether oxygens (including phenoxy) is 2. The zero-order chi connectivity index (χ0) is 19.0. The maximum Gasteiger partial charge on any atom is 0.0662 e. The monoisotopic (exact) mass is 368 g/mol. The number of allylic oxidation sites excluding steroid dienone is 3. The van der Waals surface area contributed by atoms with Crippen LogP contribution in [0.4, 0.5) is 0 Å². The van der Waals surface area contributed by atoms with Crippen molar-refractivity contribution in [2.24, 2.45) is 11.8 Å². The minimum absolute atomic E-state index is 0.121. The third-order valence-electron chi connectivity index (χ3n) is 5.38. The molecule has 0 amide bonds. The van der Waals surface area contributed by atoms with Crippen molar-refractivity contribution in [1.29, 1.82) is 0 Å². The van der Waals surface area contributed by atoms with Crippen molar-refractivity contribution < 1.29 is 19.7 Å². The van der Waals surface area contributed by atoms with E-state index in [1.54, 1.807) is 14.2 Å². The first-order chi connectivity index (χ1) is 12.7. The predicted octanol–water partition coefficient (Wildman–Crippen LogP) is 4.26. The topological polar surface area (TPSA) is 58.9 Å². The molecule has 1 fully saturated rings. The van der Waals surface area contributed by atoms with Crippen LogP contribution in [0.15, 0.2) is 24.3 Å². The molecule has 0 heterocycles. The molecule has 1 saturated carbocycles. The third-order valence-corrected chi connectivity index (χ3v) is 5.38. The summed E-state index contributed by atoms with van der Waals surface area (Å²) in [5.74, 6) is 0.539. The van der Waals surface area contributed by atoms with Gasteiger partial charge in [0.25, 0.3) is 0 Å². The molecule has 0 saturated heterocycles. The molecule has 152 valence electrons. The van der Waals surface area contributed by atoms with Gasteiger partial charge in [0.15, 0.2) is 0 Å². The minimum atomic E-state index is -0.286. The van der Waals surface area contributed by atoms with Crippen LogP contribution in [0.3, 0.4) is 0 Å². The Kier molecular flexibility index (Phi) is 13.8. The maximum atomic E-state index is 10.4. The molecular formula is C22H40O4. The summed E-state index contributed by atoms with van der Waals surface area (Å²) in [6.07, 6.45) is 19.2. The van der Waals surface area contributed by atoms with Crippen molar-refractivity contribution in [2.75, 3.05) is 27.4 Å². The second kappa shape index (κ2) is 15.4. The molecule has 0 aromatic carbocycles. The van der Waals surface area contributed by atoms with Crippen LogP contribution in [0.1, 0.15) is 64.2 Å². The number of aliphatic hydroxyl groups excluding tert-OH is 2. The smallest absolute Gasteiger partial charge is 0.0662 e. The zero-order valence-corrected chi connectivity index (χ0v) is 16.8. The summed E-state index contributed by atoms with van der Waals surface area (Å²) in [4.78, 5) is 0. The minimum Gasteiger partial charge on any atom is -0.396 e. The van der Waals surface area contributed by atoms with Crippen LogP contribution < -0.4 is 0 Å². The number of hydrogen-bond acceptors (Lipinski definition) is 4. The van der Waals surface area contributed by atoms with Crippen molar-refractivity contribution in [1.82, 2.24) is 0 Å². The molecule has 1 unspecified atom stereocenters. The molecule has 0 bridgehead atoms. The van der Waals surface area contributed by atoms with Gasteiger partial charge in [-0.05, 0) is 50.9 Å². The van der Waals surface area contributed by atoms with Gasteiger partial charge in [-0.2, -0.15) is 0 Å². The average Bonchev–Trinajstić information content (AvgIpc) is 2.95. The van der Waals surface area contributed by atoms with E-state index in [2.05, 4.69) is 24.3 Å². The fourth-order valence-corrected chi connectivity index (χ4v) is 3.80. The lowest BCUT2D eigenvalue weighted by atomic mass is 9.89. The van der Waals surface area contributed by atoms with Crippen molar-refractivity contribution in [3.8, 4) is 0 Å². The first-order valence-corrected chi connectivity index (χ1v) is 10.4. The Morgan fingerprint density at radius 3 is 2.38 bits per heavy atom. The fraction of sp³-hybridized carbons (Fsp3) is 0.818. The molecule has 0 spiro atoms. The Balaban J connectivity index is 2.38. The summed E-state index contributed by atoms with van der Waals surface area (Å²) in [7, 11) is 3.51. The molecule has 4 atom stereocenters. The normalized spacial score (nSPS) is 26.5. The zero-order valence-electron chi connectivity index (χ0n) is 16.8. The average molecular weight is 369 g/mol. The molecule has 1 aliphatic rings. The van der Waals surface area contributed by atoms with Gasteiger partial charge in [-0.25, -0.2) is 0 Å². The van der Waals surface area contributed by atoms with E-state index in [-0.39, 0.29) is 24.7 Å². The summed E-state index contributed by atoms with van der Waals surface area (Å²) >= 11 is 0. The molecule has 0 aromatic heterocycles. The number of rotatable bonds is 15. The molecule has 4 nitrogen and oxygen atoms in total. The molecular weight excluding hydrogens is 328 g/mol. The van der Waals surface area contributed by atoms with Crippen molar-refractivity contribution in [3.63, 3.8) is 0 Å². The van der Waals surface area contributed by atoms with Gasteiger partial charge in [-0.1, -0.05) is 37.1 Å². The van der Waals surface area contributed by atoms with E-state index in [0.29, 0.717) is 5.92 Å². The molecule has 0 radical (unpaired) electrons. The largest absolute Gasteiger partial charge is 0.396 e. The number of unbranched alkanes of at least 4 members (excludes halogenated alkanes) is 6. The molecule has 4 heteroatoms. The fourth-order valence-electron chi connectivity index (χ4n) is 3.80. The van der Waals surface area contributed by atoms with E-state index >= 15 is 0 Å². The molecule has 2 N–H and O–H groups in total. The summed E-state index contributed by atoms with van der Waals surface area (Å²) < 4.78 is 10.7. The quantitative estimate of drug-likeness (QED) is 0.335. The van der Waals surface area contributed by atoms with E-state index in [1.165, 1.54) is 19.3 Å². The van der Waals surface area contributed by atoms with Gasteiger partial charge in [0.2, 0.25) is 0 Å². The second-order valence-corrected chi connectivity index (χ2v) is 7.37. The third kappa shape index (κ3) is 9.31. The van der Waals surface area contributed by atoms with Gasteiger partial charge in [-0.15, -0.1) is 0 Å². The number of methoxy groups -OCH3 is 2. The Morgan fingerprint density at radius 2 is 1.65 bits per heavy atom. The SMILES string of the molecule is COCCCCCC/C=C/[C@H]1C(C/C=C\CCCCO)[C@H](O)C[C@@H]1OC. The highest BCUT2D eigenvalue weighted by Crippen LogP contribution is 2.38. The standard InChI is InChI=1S/C22H40O4/c1-25-17-13-9-4-3-6-11-15-20-19(21(24)18-22(20)26-2)14-10-7-5-8-12-16-23/h7,10-11,15,19-24H,3-6,8-9,12-14,16-18H2,1-2H3/b10-7-,15-11+/t19?,20-,21+,22-/m0/s1. The lowest BCUT2D eigenvalue weighted by molar-refractivity contribution is 0.0749. The van der Waals surface area contributed by atoms with Gasteiger partial charge < -0.3 is 19.7 Å². The van der Waals surface area contributed by atoms with Gasteiger partial charge in [0.1, 0.15) is 0 Å². The van der Waals surface area contributed by atoms with Crippen molar-refractivity contribution in [2.45, 2.75) is 76.4 Å². The van der Waals surface area contributed by atoms with E-state index in [1.807, 2.05) is 0 Å². The highest BCUT2D eigenvalue weighted by atomic mass is 16.5. The van der Waals surface area contributed by atoms with Gasteiger partial charge in [0, 0.05) is 39.8 Å². The summed E-state index contributed by atoms with van der Waals surface area (Å²) in [6, 6.07) is 0. The highest BCUT2D eigenvalue weighted by Gasteiger charge is 2.40. The van der Waals surface area contributed by atoms with Crippen LogP contribution >= 0.6 is 0 Å². The second-order valence-electron chi connectivity index (χ2n) is 7.37. The summed E-state index contributed by atoms with van der Waals surface area (Å²) in [5, 5.41) is 19.2. The van der Waals surface area contributed by atoms with E-state index in [4.69, 9.17) is 14.6 Å². The van der Waals surface area contributed by atoms with Crippen LogP contribution in [0.2, 0.25) is 0 Å². The lowest BCUT2D eigenvalue weighted by Crippen LogP contribution is -2.21. The number of hydrogen-bond donors (Lipinski definition) is 2. The Labute approximate surface area is 160 Å². The van der Waals surface area contributed by atoms with Gasteiger partial charge in [-0.3, -0.25) is 0 Å². The van der Waals surface area contributed by atoms with Crippen LogP contribution in [-0.4, -0.2) is 49.9 Å². The Hall–Kier alpha value is -0.680. The molecule has 0 aliphatic heterocycles. The molecule has 1 rings (SSSR count). The summed E-state index contributed by atoms with van der Waals surface area (Å²) in [5.41, 5.74) is 0. The van der Waals surface area contributed by atoms with Crippen molar-refractivity contribution in [3.05, 3.63) is 24.3 Å². The Morgan fingerprint density at radius 1 is 0.923 bits per heavy atom. The van der Waals surface area contributed by atoms with Gasteiger partial charge >= 0.3 is 0 Å². The maximum absolute atomic E-state index is 10.4.